The van der Waals surface area contributed by atoms with Crippen molar-refractivity contribution in [2.45, 2.75) is 65.5 Å². The van der Waals surface area contributed by atoms with Crippen LogP contribution in [0.15, 0.2) is 0 Å². The first-order valence-corrected chi connectivity index (χ1v) is 7.57. The number of aliphatic hydroxyl groups excluding tert-OH is 1. The van der Waals surface area contributed by atoms with Gasteiger partial charge < -0.3 is 10.4 Å². The van der Waals surface area contributed by atoms with Crippen molar-refractivity contribution in [1.29, 1.82) is 0 Å². The molecule has 0 aromatic carbocycles. The van der Waals surface area contributed by atoms with Gasteiger partial charge in [0.15, 0.2) is 0 Å². The maximum atomic E-state index is 9.14. The molecular weight excluding hydrogens is 238 g/mol. The van der Waals surface area contributed by atoms with Crippen LogP contribution >= 0.6 is 0 Å². The average molecular weight is 265 g/mol. The Bertz CT molecular complexity index is 414. The third-order valence-electron chi connectivity index (χ3n) is 4.44. The minimum atomic E-state index is 0.136. The fourth-order valence-electron chi connectivity index (χ4n) is 3.10. The minimum Gasteiger partial charge on any atom is -0.394 e. The second-order valence-corrected chi connectivity index (χ2v) is 5.79. The predicted octanol–water partition coefficient (Wildman–Crippen LogP) is 2.87. The van der Waals surface area contributed by atoms with E-state index in [9.17, 15) is 0 Å². The fourth-order valence-corrected chi connectivity index (χ4v) is 3.10. The van der Waals surface area contributed by atoms with Gasteiger partial charge in [-0.25, -0.2) is 4.68 Å². The van der Waals surface area contributed by atoms with E-state index in [1.807, 2.05) is 11.6 Å². The van der Waals surface area contributed by atoms with Crippen molar-refractivity contribution in [2.24, 2.45) is 5.92 Å². The van der Waals surface area contributed by atoms with Crippen LogP contribution in [-0.2, 0) is 6.54 Å². The van der Waals surface area contributed by atoms with E-state index in [0.29, 0.717) is 12.6 Å². The Morgan fingerprint density at radius 1 is 1.37 bits per heavy atom. The molecule has 4 nitrogen and oxygen atoms in total. The van der Waals surface area contributed by atoms with Gasteiger partial charge in [-0.1, -0.05) is 26.2 Å². The van der Waals surface area contributed by atoms with Crippen molar-refractivity contribution in [2.75, 3.05) is 11.9 Å². The predicted molar refractivity (Wildman–Crippen MR) is 78.4 cm³/mol. The van der Waals surface area contributed by atoms with E-state index in [4.69, 9.17) is 5.11 Å². The molecule has 0 saturated heterocycles. The Labute approximate surface area is 116 Å². The smallest absolute Gasteiger partial charge is 0.127 e. The van der Waals surface area contributed by atoms with Gasteiger partial charge >= 0.3 is 0 Å². The third-order valence-corrected chi connectivity index (χ3v) is 4.44. The molecule has 2 N–H and O–H groups in total. The van der Waals surface area contributed by atoms with Gasteiger partial charge in [-0.05, 0) is 32.6 Å². The third kappa shape index (κ3) is 3.30. The highest BCUT2D eigenvalue weighted by Crippen LogP contribution is 2.30. The zero-order valence-electron chi connectivity index (χ0n) is 12.4. The van der Waals surface area contributed by atoms with Gasteiger partial charge in [0.25, 0.3) is 0 Å². The van der Waals surface area contributed by atoms with Crippen LogP contribution < -0.4 is 5.32 Å². The summed E-state index contributed by atoms with van der Waals surface area (Å²) in [6.45, 7) is 7.14. The molecule has 2 rings (SSSR count). The summed E-state index contributed by atoms with van der Waals surface area (Å²) in [4.78, 5) is 0. The van der Waals surface area contributed by atoms with Crippen molar-refractivity contribution in [3.63, 3.8) is 0 Å². The van der Waals surface area contributed by atoms with Crippen molar-refractivity contribution in [3.05, 3.63) is 11.3 Å². The van der Waals surface area contributed by atoms with E-state index in [1.165, 1.54) is 37.7 Å². The highest BCUT2D eigenvalue weighted by atomic mass is 16.3. The molecule has 4 heteroatoms. The molecule has 1 saturated carbocycles. The highest BCUT2D eigenvalue weighted by Gasteiger charge is 2.22. The number of nitrogens with zero attached hydrogens (tertiary/aromatic N) is 2. The van der Waals surface area contributed by atoms with Gasteiger partial charge in [-0.2, -0.15) is 5.10 Å². The lowest BCUT2D eigenvalue weighted by Crippen LogP contribution is -2.28. The van der Waals surface area contributed by atoms with Gasteiger partial charge in [-0.3, -0.25) is 0 Å². The van der Waals surface area contributed by atoms with Crippen molar-refractivity contribution in [3.8, 4) is 0 Å². The summed E-state index contributed by atoms with van der Waals surface area (Å²) < 4.78 is 1.92. The largest absolute Gasteiger partial charge is 0.394 e. The first-order chi connectivity index (χ1) is 9.15. The fraction of sp³-hybridized carbons (Fsp3) is 0.800. The van der Waals surface area contributed by atoms with Crippen LogP contribution in [0.2, 0.25) is 0 Å². The minimum absolute atomic E-state index is 0.136. The average Bonchev–Trinajstić information content (AvgIpc) is 2.67. The topological polar surface area (TPSA) is 50.1 Å². The van der Waals surface area contributed by atoms with Crippen molar-refractivity contribution >= 4 is 5.82 Å². The van der Waals surface area contributed by atoms with E-state index in [2.05, 4.69) is 24.3 Å². The summed E-state index contributed by atoms with van der Waals surface area (Å²) in [7, 11) is 0. The zero-order valence-corrected chi connectivity index (χ0v) is 12.4. The molecule has 0 bridgehead atoms. The highest BCUT2D eigenvalue weighted by molar-refractivity contribution is 5.47. The number of aryl methyl sites for hydroxylation is 1. The quantitative estimate of drug-likeness (QED) is 0.860. The van der Waals surface area contributed by atoms with Crippen molar-refractivity contribution in [1.82, 2.24) is 9.78 Å². The standard InChI is InChI=1S/C15H27N3O/c1-4-13-6-5-7-14(10-13)16-15-11(2)12(3)17-18(15)8-9-19/h13-14,16,19H,4-10H2,1-3H3. The molecule has 0 radical (unpaired) electrons. The maximum Gasteiger partial charge on any atom is 0.127 e. The Balaban J connectivity index is 2.09. The van der Waals surface area contributed by atoms with Gasteiger partial charge in [0.05, 0.1) is 18.8 Å². The Kier molecular flexibility index (Phi) is 4.86. The molecule has 1 aliphatic rings. The molecule has 2 atom stereocenters. The molecular formula is C15H27N3O. The first kappa shape index (κ1) is 14.4. The number of rotatable bonds is 5. The molecule has 19 heavy (non-hydrogen) atoms. The molecule has 0 aliphatic heterocycles. The number of aliphatic hydroxyl groups is 1. The Morgan fingerprint density at radius 2 is 2.16 bits per heavy atom. The summed E-state index contributed by atoms with van der Waals surface area (Å²) in [5.41, 5.74) is 2.27. The van der Waals surface area contributed by atoms with Crippen LogP contribution in [0.3, 0.4) is 0 Å². The number of hydrogen-bond acceptors (Lipinski definition) is 3. The van der Waals surface area contributed by atoms with Crippen LogP contribution in [0.1, 0.15) is 50.3 Å². The van der Waals surface area contributed by atoms with Crippen LogP contribution in [0.4, 0.5) is 5.82 Å². The van der Waals surface area contributed by atoms with Gasteiger partial charge in [0.2, 0.25) is 0 Å². The zero-order chi connectivity index (χ0) is 13.8. The van der Waals surface area contributed by atoms with Gasteiger partial charge in [0.1, 0.15) is 5.82 Å². The first-order valence-electron chi connectivity index (χ1n) is 7.57. The lowest BCUT2D eigenvalue weighted by Gasteiger charge is -2.30. The van der Waals surface area contributed by atoms with E-state index in [-0.39, 0.29) is 6.61 Å². The molecule has 1 aromatic rings. The number of anilines is 1. The second-order valence-electron chi connectivity index (χ2n) is 5.79. The van der Waals surface area contributed by atoms with Crippen molar-refractivity contribution < 1.29 is 5.11 Å². The summed E-state index contributed by atoms with van der Waals surface area (Å²) in [5.74, 6) is 1.97. The maximum absolute atomic E-state index is 9.14. The molecule has 1 fully saturated rings. The molecule has 2 unspecified atom stereocenters. The van der Waals surface area contributed by atoms with Gasteiger partial charge in [-0.15, -0.1) is 0 Å². The summed E-state index contributed by atoms with van der Waals surface area (Å²) in [6.07, 6.45) is 6.50. The molecule has 0 spiro atoms. The summed E-state index contributed by atoms with van der Waals surface area (Å²) in [5, 5.41) is 17.3. The van der Waals surface area contributed by atoms with E-state index in [0.717, 1.165) is 17.4 Å². The van der Waals surface area contributed by atoms with E-state index >= 15 is 0 Å². The molecule has 1 heterocycles. The van der Waals surface area contributed by atoms with Crippen LogP contribution in [0, 0.1) is 19.8 Å². The molecule has 1 aromatic heterocycles. The van der Waals surface area contributed by atoms with Crippen LogP contribution in [0.25, 0.3) is 0 Å². The van der Waals surface area contributed by atoms with Crippen LogP contribution in [-0.4, -0.2) is 27.5 Å². The summed E-state index contributed by atoms with van der Waals surface area (Å²) >= 11 is 0. The number of hydrogen-bond donors (Lipinski definition) is 2. The molecule has 1 aliphatic carbocycles. The Hall–Kier alpha value is -1.03. The number of aromatic nitrogens is 2. The lowest BCUT2D eigenvalue weighted by molar-refractivity contribution is 0.269. The monoisotopic (exact) mass is 265 g/mol. The van der Waals surface area contributed by atoms with Gasteiger partial charge in [0, 0.05) is 11.6 Å². The van der Waals surface area contributed by atoms with E-state index < -0.39 is 0 Å². The Morgan fingerprint density at radius 3 is 2.84 bits per heavy atom. The molecule has 0 amide bonds. The normalized spacial score (nSPS) is 23.6. The SMILES string of the molecule is CCC1CCCC(Nc2c(C)c(C)nn2CCO)C1. The summed E-state index contributed by atoms with van der Waals surface area (Å²) in [6, 6.07) is 0.561. The van der Waals surface area contributed by atoms with Crippen LogP contribution in [0.5, 0.6) is 0 Å². The van der Waals surface area contributed by atoms with E-state index in [1.54, 1.807) is 0 Å². The molecule has 108 valence electrons. The number of nitrogens with one attached hydrogen (secondary N) is 1. The second kappa shape index (κ2) is 6.42. The lowest BCUT2D eigenvalue weighted by atomic mass is 9.84.